The summed E-state index contributed by atoms with van der Waals surface area (Å²) in [7, 11) is 0. The lowest BCUT2D eigenvalue weighted by Gasteiger charge is -2.07. The van der Waals surface area contributed by atoms with E-state index in [1.165, 1.54) is 0 Å². The van der Waals surface area contributed by atoms with Gasteiger partial charge in [0.15, 0.2) is 5.76 Å². The molecular weight excluding hydrogens is 194 g/mol. The van der Waals surface area contributed by atoms with Crippen molar-refractivity contribution >= 4 is 5.91 Å². The molecule has 1 amide bonds. The van der Waals surface area contributed by atoms with Crippen molar-refractivity contribution in [1.82, 2.24) is 15.8 Å². The number of nitrogens with one attached hydrogen (secondary N) is 2. The summed E-state index contributed by atoms with van der Waals surface area (Å²) in [6.07, 6.45) is 0.918. The highest BCUT2D eigenvalue weighted by Crippen LogP contribution is 2.08. The fraction of sp³-hybridized carbons (Fsp3) is 0.600. The van der Waals surface area contributed by atoms with Gasteiger partial charge in [0.2, 0.25) is 5.91 Å². The Kier molecular flexibility index (Phi) is 3.01. The molecule has 0 bridgehead atoms. The summed E-state index contributed by atoms with van der Waals surface area (Å²) in [5.74, 6) is 0.898. The Hall–Kier alpha value is -1.36. The second-order valence-corrected chi connectivity index (χ2v) is 3.84. The summed E-state index contributed by atoms with van der Waals surface area (Å²) in [6, 6.07) is 1.83. The second kappa shape index (κ2) is 4.44. The van der Waals surface area contributed by atoms with E-state index in [9.17, 15) is 4.79 Å². The standard InChI is InChI=1S/C10H15N3O2/c1-7-4-9(15-13-7)6-12-10(14)8-2-3-11-5-8/h4,8,11H,2-3,5-6H2,1H3,(H,12,14)/t8-/m1/s1. The molecule has 0 saturated carbocycles. The van der Waals surface area contributed by atoms with Crippen LogP contribution in [-0.4, -0.2) is 24.2 Å². The molecule has 0 aliphatic carbocycles. The van der Waals surface area contributed by atoms with Crippen LogP contribution in [0.4, 0.5) is 0 Å². The van der Waals surface area contributed by atoms with Gasteiger partial charge in [-0.15, -0.1) is 0 Å². The Morgan fingerprint density at radius 3 is 3.27 bits per heavy atom. The Balaban J connectivity index is 1.80. The molecule has 0 aromatic carbocycles. The van der Waals surface area contributed by atoms with Crippen LogP contribution >= 0.6 is 0 Å². The molecule has 1 aliphatic rings. The average molecular weight is 209 g/mol. The number of aryl methyl sites for hydroxylation is 1. The van der Waals surface area contributed by atoms with E-state index in [-0.39, 0.29) is 11.8 Å². The fourth-order valence-corrected chi connectivity index (χ4v) is 1.70. The number of amides is 1. The smallest absolute Gasteiger partial charge is 0.224 e. The first-order valence-corrected chi connectivity index (χ1v) is 5.16. The first kappa shape index (κ1) is 10.2. The molecule has 1 aliphatic heterocycles. The zero-order chi connectivity index (χ0) is 10.7. The number of nitrogens with zero attached hydrogens (tertiary/aromatic N) is 1. The molecule has 5 heteroatoms. The molecule has 5 nitrogen and oxygen atoms in total. The van der Waals surface area contributed by atoms with Gasteiger partial charge in [-0.25, -0.2) is 0 Å². The predicted molar refractivity (Wildman–Crippen MR) is 54.1 cm³/mol. The highest BCUT2D eigenvalue weighted by molar-refractivity contribution is 5.79. The van der Waals surface area contributed by atoms with Crippen LogP contribution in [0.5, 0.6) is 0 Å². The summed E-state index contributed by atoms with van der Waals surface area (Å²) in [4.78, 5) is 11.6. The number of hydrogen-bond donors (Lipinski definition) is 2. The van der Waals surface area contributed by atoms with E-state index >= 15 is 0 Å². The Morgan fingerprint density at radius 1 is 1.80 bits per heavy atom. The lowest BCUT2D eigenvalue weighted by atomic mass is 10.1. The molecule has 0 radical (unpaired) electrons. The lowest BCUT2D eigenvalue weighted by molar-refractivity contribution is -0.124. The maximum absolute atomic E-state index is 11.6. The molecule has 2 N–H and O–H groups in total. The normalized spacial score (nSPS) is 20.5. The second-order valence-electron chi connectivity index (χ2n) is 3.84. The van der Waals surface area contributed by atoms with E-state index in [0.29, 0.717) is 12.3 Å². The van der Waals surface area contributed by atoms with Crippen molar-refractivity contribution in [2.45, 2.75) is 19.9 Å². The topological polar surface area (TPSA) is 67.2 Å². The van der Waals surface area contributed by atoms with Gasteiger partial charge in [0, 0.05) is 12.6 Å². The predicted octanol–water partition coefficient (Wildman–Crippen LogP) is 0.209. The minimum absolute atomic E-state index is 0.0917. The van der Waals surface area contributed by atoms with E-state index in [4.69, 9.17) is 4.52 Å². The van der Waals surface area contributed by atoms with E-state index in [2.05, 4.69) is 15.8 Å². The monoisotopic (exact) mass is 209 g/mol. The summed E-state index contributed by atoms with van der Waals surface area (Å²) < 4.78 is 5.00. The Labute approximate surface area is 88.2 Å². The van der Waals surface area contributed by atoms with Gasteiger partial charge in [-0.1, -0.05) is 5.16 Å². The molecular formula is C10H15N3O2. The van der Waals surface area contributed by atoms with Crippen molar-refractivity contribution in [2.75, 3.05) is 13.1 Å². The number of aromatic nitrogens is 1. The van der Waals surface area contributed by atoms with Gasteiger partial charge < -0.3 is 15.2 Å². The zero-order valence-electron chi connectivity index (χ0n) is 8.75. The van der Waals surface area contributed by atoms with Crippen LogP contribution < -0.4 is 10.6 Å². The van der Waals surface area contributed by atoms with Crippen molar-refractivity contribution in [3.8, 4) is 0 Å². The van der Waals surface area contributed by atoms with Crippen LogP contribution in [0.15, 0.2) is 10.6 Å². The highest BCUT2D eigenvalue weighted by Gasteiger charge is 2.22. The quantitative estimate of drug-likeness (QED) is 0.746. The zero-order valence-corrected chi connectivity index (χ0v) is 8.75. The van der Waals surface area contributed by atoms with Gasteiger partial charge in [0.05, 0.1) is 18.2 Å². The first-order chi connectivity index (χ1) is 7.25. The molecule has 1 atom stereocenters. The molecule has 1 aromatic heterocycles. The third-order valence-corrected chi connectivity index (χ3v) is 2.54. The SMILES string of the molecule is Cc1cc(CNC(=O)[C@@H]2CCNC2)on1. The third kappa shape index (κ3) is 2.56. The van der Waals surface area contributed by atoms with Crippen LogP contribution in [0.3, 0.4) is 0 Å². The largest absolute Gasteiger partial charge is 0.359 e. The summed E-state index contributed by atoms with van der Waals surface area (Å²) in [5, 5.41) is 9.75. The first-order valence-electron chi connectivity index (χ1n) is 5.16. The lowest BCUT2D eigenvalue weighted by Crippen LogP contribution is -2.31. The molecule has 0 spiro atoms. The van der Waals surface area contributed by atoms with Gasteiger partial charge in [-0.05, 0) is 19.9 Å². The van der Waals surface area contributed by atoms with Crippen LogP contribution in [0.1, 0.15) is 17.9 Å². The van der Waals surface area contributed by atoms with Crippen molar-refractivity contribution in [3.05, 3.63) is 17.5 Å². The van der Waals surface area contributed by atoms with Gasteiger partial charge in [0.1, 0.15) is 0 Å². The van der Waals surface area contributed by atoms with Gasteiger partial charge >= 0.3 is 0 Å². The van der Waals surface area contributed by atoms with E-state index in [0.717, 1.165) is 25.2 Å². The summed E-state index contributed by atoms with van der Waals surface area (Å²) >= 11 is 0. The molecule has 0 unspecified atom stereocenters. The molecule has 2 rings (SSSR count). The molecule has 1 fully saturated rings. The maximum Gasteiger partial charge on any atom is 0.224 e. The highest BCUT2D eigenvalue weighted by atomic mass is 16.5. The van der Waals surface area contributed by atoms with E-state index in [1.54, 1.807) is 0 Å². The Morgan fingerprint density at radius 2 is 2.67 bits per heavy atom. The molecule has 1 aromatic rings. The van der Waals surface area contributed by atoms with Crippen LogP contribution in [0.25, 0.3) is 0 Å². The van der Waals surface area contributed by atoms with Gasteiger partial charge in [-0.3, -0.25) is 4.79 Å². The van der Waals surface area contributed by atoms with Crippen molar-refractivity contribution in [3.63, 3.8) is 0 Å². The van der Waals surface area contributed by atoms with Crippen LogP contribution in [0, 0.1) is 12.8 Å². The summed E-state index contributed by atoms with van der Waals surface area (Å²) in [6.45, 7) is 3.99. The maximum atomic E-state index is 11.6. The van der Waals surface area contributed by atoms with Gasteiger partial charge in [-0.2, -0.15) is 0 Å². The molecule has 82 valence electrons. The average Bonchev–Trinajstić information content (AvgIpc) is 2.84. The van der Waals surface area contributed by atoms with Gasteiger partial charge in [0.25, 0.3) is 0 Å². The minimum Gasteiger partial charge on any atom is -0.359 e. The number of hydrogen-bond acceptors (Lipinski definition) is 4. The molecule has 15 heavy (non-hydrogen) atoms. The van der Waals surface area contributed by atoms with E-state index < -0.39 is 0 Å². The number of carbonyl (C=O) groups is 1. The summed E-state index contributed by atoms with van der Waals surface area (Å²) in [5.41, 5.74) is 0.835. The van der Waals surface area contributed by atoms with Crippen LogP contribution in [-0.2, 0) is 11.3 Å². The van der Waals surface area contributed by atoms with Crippen LogP contribution in [0.2, 0.25) is 0 Å². The van der Waals surface area contributed by atoms with Crippen molar-refractivity contribution in [2.24, 2.45) is 5.92 Å². The van der Waals surface area contributed by atoms with E-state index in [1.807, 2.05) is 13.0 Å². The Bertz CT molecular complexity index is 342. The number of carbonyl (C=O) groups excluding carboxylic acids is 1. The molecule has 1 saturated heterocycles. The number of rotatable bonds is 3. The van der Waals surface area contributed by atoms with Crippen molar-refractivity contribution < 1.29 is 9.32 Å². The minimum atomic E-state index is 0.0917. The fourth-order valence-electron chi connectivity index (χ4n) is 1.70. The van der Waals surface area contributed by atoms with Crippen molar-refractivity contribution in [1.29, 1.82) is 0 Å². The molecule has 2 heterocycles. The third-order valence-electron chi connectivity index (χ3n) is 2.54.